The van der Waals surface area contributed by atoms with E-state index in [-0.39, 0.29) is 0 Å². The maximum absolute atomic E-state index is 12.1. The maximum Gasteiger partial charge on any atom is 0.164 e. The molecule has 0 unspecified atom stereocenters. The number of aromatic amines is 1. The fraction of sp³-hybridized carbons (Fsp3) is 0.688. The number of hydrogen-bond acceptors (Lipinski definition) is 1. The van der Waals surface area contributed by atoms with E-state index in [9.17, 15) is 4.79 Å². The molecule has 1 aromatic rings. The van der Waals surface area contributed by atoms with Crippen LogP contribution in [0.1, 0.15) is 79.9 Å². The molecule has 0 aromatic carbocycles. The number of carbonyl (C=O) groups is 1. The van der Waals surface area contributed by atoms with Gasteiger partial charge >= 0.3 is 0 Å². The van der Waals surface area contributed by atoms with Gasteiger partial charge in [0.2, 0.25) is 0 Å². The monoisotopic (exact) mass is 249 g/mol. The average molecular weight is 249 g/mol. The number of aryl methyl sites for hydroxylation is 2. The molecule has 2 nitrogen and oxygen atoms in total. The highest BCUT2D eigenvalue weighted by Gasteiger charge is 2.12. The molecule has 0 saturated carbocycles. The zero-order valence-electron chi connectivity index (χ0n) is 12.1. The van der Waals surface area contributed by atoms with Crippen molar-refractivity contribution in [3.63, 3.8) is 0 Å². The highest BCUT2D eigenvalue weighted by Crippen LogP contribution is 2.17. The predicted molar refractivity (Wildman–Crippen MR) is 77.2 cm³/mol. The van der Waals surface area contributed by atoms with Gasteiger partial charge in [0.15, 0.2) is 5.78 Å². The number of ketones is 1. The molecule has 0 atom stereocenters. The first-order valence-electron chi connectivity index (χ1n) is 7.34. The van der Waals surface area contributed by atoms with Gasteiger partial charge in [0.25, 0.3) is 0 Å². The lowest BCUT2D eigenvalue weighted by atomic mass is 10.0. The van der Waals surface area contributed by atoms with E-state index in [0.29, 0.717) is 12.2 Å². The van der Waals surface area contributed by atoms with Crippen molar-refractivity contribution in [2.24, 2.45) is 0 Å². The van der Waals surface area contributed by atoms with Gasteiger partial charge in [0, 0.05) is 23.9 Å². The second-order valence-electron chi connectivity index (χ2n) is 5.27. The van der Waals surface area contributed by atoms with E-state index in [0.717, 1.165) is 23.2 Å². The lowest BCUT2D eigenvalue weighted by molar-refractivity contribution is 0.0978. The lowest BCUT2D eigenvalue weighted by Gasteiger charge is -2.03. The van der Waals surface area contributed by atoms with Crippen LogP contribution in [0.15, 0.2) is 6.20 Å². The average Bonchev–Trinajstić information content (AvgIpc) is 2.68. The van der Waals surface area contributed by atoms with Gasteiger partial charge in [0.1, 0.15) is 0 Å². The van der Waals surface area contributed by atoms with Crippen LogP contribution in [-0.2, 0) is 0 Å². The first kappa shape index (κ1) is 15.0. The van der Waals surface area contributed by atoms with Gasteiger partial charge in [-0.1, -0.05) is 45.4 Å². The number of hydrogen-bond donors (Lipinski definition) is 1. The van der Waals surface area contributed by atoms with Crippen molar-refractivity contribution in [1.82, 2.24) is 4.98 Å². The fourth-order valence-electron chi connectivity index (χ4n) is 2.45. The third-order valence-corrected chi connectivity index (χ3v) is 3.56. The number of Topliss-reactive ketones (excluding diaryl/α,β-unsaturated/α-hetero) is 1. The van der Waals surface area contributed by atoms with Crippen molar-refractivity contribution >= 4 is 5.78 Å². The number of rotatable bonds is 9. The topological polar surface area (TPSA) is 32.9 Å². The summed E-state index contributed by atoms with van der Waals surface area (Å²) in [6, 6.07) is 0. The Kier molecular flexibility index (Phi) is 6.77. The Morgan fingerprint density at radius 3 is 2.22 bits per heavy atom. The number of unbranched alkanes of at least 4 members (excludes halogenated alkanes) is 6. The molecule has 2 heteroatoms. The van der Waals surface area contributed by atoms with Crippen molar-refractivity contribution < 1.29 is 4.79 Å². The highest BCUT2D eigenvalue weighted by atomic mass is 16.1. The van der Waals surface area contributed by atoms with Crippen LogP contribution in [0, 0.1) is 13.8 Å². The third-order valence-electron chi connectivity index (χ3n) is 3.56. The number of aromatic nitrogens is 1. The van der Waals surface area contributed by atoms with Crippen LogP contribution in [-0.4, -0.2) is 10.8 Å². The van der Waals surface area contributed by atoms with Crippen molar-refractivity contribution in [3.05, 3.63) is 23.0 Å². The van der Waals surface area contributed by atoms with Gasteiger partial charge in [0.05, 0.1) is 0 Å². The smallest absolute Gasteiger partial charge is 0.164 e. The Balaban J connectivity index is 2.18. The summed E-state index contributed by atoms with van der Waals surface area (Å²) in [4.78, 5) is 15.2. The molecular formula is C16H27NO. The van der Waals surface area contributed by atoms with Crippen molar-refractivity contribution in [3.8, 4) is 0 Å². The quantitative estimate of drug-likeness (QED) is 0.487. The molecule has 0 aliphatic carbocycles. The minimum Gasteiger partial charge on any atom is -0.364 e. The van der Waals surface area contributed by atoms with Gasteiger partial charge in [-0.05, 0) is 25.8 Å². The molecule has 0 spiro atoms. The summed E-state index contributed by atoms with van der Waals surface area (Å²) in [5, 5.41) is 0. The van der Waals surface area contributed by atoms with Gasteiger partial charge in [-0.3, -0.25) is 4.79 Å². The maximum atomic E-state index is 12.1. The Labute approximate surface area is 111 Å². The Bertz CT molecular complexity index is 346. The van der Waals surface area contributed by atoms with Crippen LogP contribution in [0.25, 0.3) is 0 Å². The van der Waals surface area contributed by atoms with Gasteiger partial charge in [-0.15, -0.1) is 0 Å². The van der Waals surface area contributed by atoms with Gasteiger partial charge in [-0.25, -0.2) is 0 Å². The second-order valence-corrected chi connectivity index (χ2v) is 5.27. The first-order valence-corrected chi connectivity index (χ1v) is 7.34. The van der Waals surface area contributed by atoms with Crippen molar-refractivity contribution in [2.75, 3.05) is 0 Å². The van der Waals surface area contributed by atoms with E-state index in [2.05, 4.69) is 11.9 Å². The zero-order valence-corrected chi connectivity index (χ0v) is 12.1. The highest BCUT2D eigenvalue weighted by molar-refractivity contribution is 5.98. The molecule has 0 amide bonds. The van der Waals surface area contributed by atoms with Crippen LogP contribution >= 0.6 is 0 Å². The first-order chi connectivity index (χ1) is 8.66. The second kappa shape index (κ2) is 8.12. The SMILES string of the molecule is CCCCCCCCCC(=O)c1c(C)c[nH]c1C. The Morgan fingerprint density at radius 2 is 1.67 bits per heavy atom. The fourth-order valence-corrected chi connectivity index (χ4v) is 2.45. The summed E-state index contributed by atoms with van der Waals surface area (Å²) < 4.78 is 0. The minimum atomic E-state index is 0.305. The zero-order chi connectivity index (χ0) is 13.4. The summed E-state index contributed by atoms with van der Waals surface area (Å²) in [5.74, 6) is 0.305. The van der Waals surface area contributed by atoms with E-state index in [4.69, 9.17) is 0 Å². The molecule has 0 fully saturated rings. The van der Waals surface area contributed by atoms with E-state index >= 15 is 0 Å². The number of nitrogens with one attached hydrogen (secondary N) is 1. The minimum absolute atomic E-state index is 0.305. The number of carbonyl (C=O) groups excluding carboxylic acids is 1. The van der Waals surface area contributed by atoms with Crippen LogP contribution in [0.3, 0.4) is 0 Å². The third kappa shape index (κ3) is 4.67. The molecule has 1 aromatic heterocycles. The Morgan fingerprint density at radius 1 is 1.06 bits per heavy atom. The van der Waals surface area contributed by atoms with Gasteiger partial charge < -0.3 is 4.98 Å². The van der Waals surface area contributed by atoms with Crippen LogP contribution in [0.5, 0.6) is 0 Å². The summed E-state index contributed by atoms with van der Waals surface area (Å²) in [6.07, 6.45) is 11.4. The summed E-state index contributed by atoms with van der Waals surface area (Å²) in [6.45, 7) is 6.21. The number of H-pyrrole nitrogens is 1. The predicted octanol–water partition coefficient (Wildman–Crippen LogP) is 4.95. The molecule has 18 heavy (non-hydrogen) atoms. The molecule has 0 radical (unpaired) electrons. The van der Waals surface area contributed by atoms with Crippen LogP contribution in [0.4, 0.5) is 0 Å². The molecule has 0 aliphatic rings. The van der Waals surface area contributed by atoms with E-state index in [1.165, 1.54) is 38.5 Å². The largest absolute Gasteiger partial charge is 0.364 e. The summed E-state index contributed by atoms with van der Waals surface area (Å²) >= 11 is 0. The normalized spacial score (nSPS) is 10.8. The van der Waals surface area contributed by atoms with Crippen molar-refractivity contribution in [1.29, 1.82) is 0 Å². The molecule has 0 bridgehead atoms. The van der Waals surface area contributed by atoms with Crippen LogP contribution in [0.2, 0.25) is 0 Å². The van der Waals surface area contributed by atoms with Crippen molar-refractivity contribution in [2.45, 2.75) is 72.1 Å². The molecule has 102 valence electrons. The standard InChI is InChI=1S/C16H27NO/c1-4-5-6-7-8-9-10-11-15(18)16-13(2)12-17-14(16)3/h12,17H,4-11H2,1-3H3. The molecule has 0 aliphatic heterocycles. The molecule has 1 rings (SSSR count). The van der Waals surface area contributed by atoms with E-state index < -0.39 is 0 Å². The Hall–Kier alpha value is -1.05. The molecule has 1 N–H and O–H groups in total. The van der Waals surface area contributed by atoms with E-state index in [1.54, 1.807) is 0 Å². The molecule has 1 heterocycles. The van der Waals surface area contributed by atoms with E-state index in [1.807, 2.05) is 20.0 Å². The lowest BCUT2D eigenvalue weighted by Crippen LogP contribution is -2.01. The molecular weight excluding hydrogens is 222 g/mol. The summed E-state index contributed by atoms with van der Waals surface area (Å²) in [5.41, 5.74) is 3.02. The van der Waals surface area contributed by atoms with Gasteiger partial charge in [-0.2, -0.15) is 0 Å². The van der Waals surface area contributed by atoms with Crippen LogP contribution < -0.4 is 0 Å². The molecule has 0 saturated heterocycles. The summed E-state index contributed by atoms with van der Waals surface area (Å²) in [7, 11) is 0.